The maximum atomic E-state index is 13.2. The maximum absolute atomic E-state index is 13.2. The molecule has 29 heavy (non-hydrogen) atoms. The highest BCUT2D eigenvalue weighted by Gasteiger charge is 2.11. The number of halogens is 2. The van der Waals surface area contributed by atoms with Gasteiger partial charge < -0.3 is 4.74 Å². The van der Waals surface area contributed by atoms with Gasteiger partial charge in [0, 0.05) is 20.9 Å². The van der Waals surface area contributed by atoms with Gasteiger partial charge in [0.15, 0.2) is 0 Å². The van der Waals surface area contributed by atoms with Crippen LogP contribution in [0.5, 0.6) is 5.75 Å². The Morgan fingerprint density at radius 2 is 1.90 bits per heavy atom. The van der Waals surface area contributed by atoms with E-state index >= 15 is 0 Å². The third kappa shape index (κ3) is 5.34. The van der Waals surface area contributed by atoms with Crippen molar-refractivity contribution < 1.29 is 4.74 Å². The van der Waals surface area contributed by atoms with Crippen molar-refractivity contribution in [2.45, 2.75) is 46.1 Å². The highest BCUT2D eigenvalue weighted by atomic mass is 79.9. The molecule has 3 aromatic rings. The van der Waals surface area contributed by atoms with Crippen molar-refractivity contribution in [1.82, 2.24) is 9.66 Å². The fraction of sp³-hybridized carbons (Fsp3) is 0.318. The minimum absolute atomic E-state index is 0.0332. The van der Waals surface area contributed by atoms with Gasteiger partial charge in [-0.15, -0.1) is 0 Å². The van der Waals surface area contributed by atoms with Crippen LogP contribution in [0.1, 0.15) is 45.0 Å². The second-order valence-electron chi connectivity index (χ2n) is 7.00. The molecule has 0 N–H and O–H groups in total. The predicted molar refractivity (Wildman–Crippen MR) is 125 cm³/mol. The van der Waals surface area contributed by atoms with E-state index in [0.29, 0.717) is 28.9 Å². The number of nitrogens with zero attached hydrogens (tertiary/aromatic N) is 3. The second-order valence-corrected chi connectivity index (χ2v) is 8.83. The lowest BCUT2D eigenvalue weighted by atomic mass is 10.2. The number of hydrogen-bond donors (Lipinski definition) is 0. The molecule has 0 atom stereocenters. The fourth-order valence-corrected chi connectivity index (χ4v) is 3.65. The van der Waals surface area contributed by atoms with Gasteiger partial charge in [0.1, 0.15) is 11.6 Å². The second kappa shape index (κ2) is 9.67. The molecule has 0 radical (unpaired) electrons. The first-order valence-corrected chi connectivity index (χ1v) is 11.2. The minimum Gasteiger partial charge on any atom is -0.490 e. The van der Waals surface area contributed by atoms with Crippen LogP contribution < -0.4 is 10.3 Å². The van der Waals surface area contributed by atoms with Gasteiger partial charge in [-0.05, 0) is 56.7 Å². The van der Waals surface area contributed by atoms with Crippen molar-refractivity contribution in [3.63, 3.8) is 0 Å². The average Bonchev–Trinajstić information content (AvgIpc) is 2.68. The molecule has 0 saturated heterocycles. The molecule has 0 aliphatic rings. The molecule has 7 heteroatoms. The number of ether oxygens (including phenoxy) is 1. The first-order chi connectivity index (χ1) is 13.9. The third-order valence-electron chi connectivity index (χ3n) is 4.28. The van der Waals surface area contributed by atoms with Gasteiger partial charge in [-0.2, -0.15) is 9.78 Å². The van der Waals surface area contributed by atoms with Crippen LogP contribution in [0.4, 0.5) is 0 Å². The van der Waals surface area contributed by atoms with E-state index in [1.165, 1.54) is 4.68 Å². The Balaban J connectivity index is 2.12. The summed E-state index contributed by atoms with van der Waals surface area (Å²) in [6, 6.07) is 11.3. The molecule has 0 amide bonds. The smallest absolute Gasteiger partial charge is 0.282 e. The van der Waals surface area contributed by atoms with Crippen molar-refractivity contribution >= 4 is 49.0 Å². The van der Waals surface area contributed by atoms with Gasteiger partial charge in [0.05, 0.1) is 23.2 Å². The monoisotopic (exact) mass is 519 g/mol. The normalized spacial score (nSPS) is 11.7. The van der Waals surface area contributed by atoms with E-state index in [0.717, 1.165) is 27.4 Å². The average molecular weight is 521 g/mol. The van der Waals surface area contributed by atoms with Gasteiger partial charge in [0.2, 0.25) is 0 Å². The van der Waals surface area contributed by atoms with E-state index in [4.69, 9.17) is 9.72 Å². The first kappa shape index (κ1) is 21.7. The number of benzene rings is 2. The van der Waals surface area contributed by atoms with Crippen LogP contribution in [-0.4, -0.2) is 22.0 Å². The summed E-state index contributed by atoms with van der Waals surface area (Å²) in [6.07, 6.45) is 4.32. The van der Waals surface area contributed by atoms with Crippen molar-refractivity contribution in [2.24, 2.45) is 5.10 Å². The Bertz CT molecular complexity index is 1110. The summed E-state index contributed by atoms with van der Waals surface area (Å²) in [7, 11) is 0. The van der Waals surface area contributed by atoms with E-state index < -0.39 is 0 Å². The third-order valence-corrected chi connectivity index (χ3v) is 5.26. The quantitative estimate of drug-likeness (QED) is 0.362. The molecule has 1 aromatic heterocycles. The van der Waals surface area contributed by atoms with Crippen molar-refractivity contribution in [3.8, 4) is 5.75 Å². The zero-order valence-electron chi connectivity index (χ0n) is 16.7. The minimum atomic E-state index is -0.181. The van der Waals surface area contributed by atoms with Gasteiger partial charge in [0.25, 0.3) is 5.56 Å². The Morgan fingerprint density at radius 3 is 2.62 bits per heavy atom. The molecule has 0 spiro atoms. The molecular weight excluding hydrogens is 498 g/mol. The molecule has 3 rings (SSSR count). The number of fused-ring (bicyclic) bond motifs is 1. The predicted octanol–water partition coefficient (Wildman–Crippen LogP) is 5.93. The van der Waals surface area contributed by atoms with Crippen molar-refractivity contribution in [3.05, 3.63) is 67.1 Å². The summed E-state index contributed by atoms with van der Waals surface area (Å²) >= 11 is 6.92. The molecule has 0 unspecified atom stereocenters. The molecule has 5 nitrogen and oxygen atoms in total. The van der Waals surface area contributed by atoms with Crippen LogP contribution in [-0.2, 0) is 6.42 Å². The first-order valence-electron chi connectivity index (χ1n) is 9.60. The molecule has 0 aliphatic heterocycles. The largest absolute Gasteiger partial charge is 0.490 e. The Hall–Kier alpha value is -1.99. The summed E-state index contributed by atoms with van der Waals surface area (Å²) in [5.41, 5.74) is 1.29. The van der Waals surface area contributed by atoms with Crippen molar-refractivity contribution in [1.29, 1.82) is 0 Å². The van der Waals surface area contributed by atoms with Crippen LogP contribution >= 0.6 is 31.9 Å². The zero-order chi connectivity index (χ0) is 21.0. The number of unbranched alkanes of at least 4 members (excludes halogenated alkanes) is 1. The van der Waals surface area contributed by atoms with Gasteiger partial charge in [-0.1, -0.05) is 45.2 Å². The molecule has 0 bridgehead atoms. The van der Waals surface area contributed by atoms with Crippen molar-refractivity contribution in [2.75, 3.05) is 0 Å². The van der Waals surface area contributed by atoms with Crippen LogP contribution in [0, 0.1) is 0 Å². The summed E-state index contributed by atoms with van der Waals surface area (Å²) in [4.78, 5) is 17.9. The summed E-state index contributed by atoms with van der Waals surface area (Å²) in [5.74, 6) is 1.37. The standard InChI is InChI=1S/C22H23Br2N3O2/c1-4-5-6-21-26-19-9-7-17(24)12-18(19)22(28)27(21)25-13-15-11-16(23)8-10-20(15)29-14(2)3/h7-14H,4-6H2,1-3H3. The number of rotatable bonds is 7. The maximum Gasteiger partial charge on any atom is 0.282 e. The highest BCUT2D eigenvalue weighted by molar-refractivity contribution is 9.10. The number of hydrogen-bond acceptors (Lipinski definition) is 4. The zero-order valence-corrected chi connectivity index (χ0v) is 19.8. The van der Waals surface area contributed by atoms with E-state index in [9.17, 15) is 4.79 Å². The van der Waals surface area contributed by atoms with E-state index in [2.05, 4.69) is 43.9 Å². The Labute approximate surface area is 187 Å². The highest BCUT2D eigenvalue weighted by Crippen LogP contribution is 2.23. The number of aromatic nitrogens is 2. The molecule has 2 aromatic carbocycles. The lowest BCUT2D eigenvalue weighted by Crippen LogP contribution is -2.22. The van der Waals surface area contributed by atoms with Crippen LogP contribution in [0.3, 0.4) is 0 Å². The SMILES string of the molecule is CCCCc1nc2ccc(Br)cc2c(=O)n1N=Cc1cc(Br)ccc1OC(C)C. The van der Waals surface area contributed by atoms with Crippen LogP contribution in [0.25, 0.3) is 10.9 Å². The number of aryl methyl sites for hydroxylation is 1. The Morgan fingerprint density at radius 1 is 1.17 bits per heavy atom. The lowest BCUT2D eigenvalue weighted by molar-refractivity contribution is 0.242. The van der Waals surface area contributed by atoms with Gasteiger partial charge >= 0.3 is 0 Å². The molecule has 0 aliphatic carbocycles. The van der Waals surface area contributed by atoms with Gasteiger partial charge in [-0.25, -0.2) is 4.98 Å². The molecular formula is C22H23Br2N3O2. The van der Waals surface area contributed by atoms with Crippen LogP contribution in [0.2, 0.25) is 0 Å². The molecule has 0 fully saturated rings. The fourth-order valence-electron chi connectivity index (χ4n) is 2.91. The molecule has 0 saturated carbocycles. The van der Waals surface area contributed by atoms with Crippen LogP contribution in [0.15, 0.2) is 55.2 Å². The summed E-state index contributed by atoms with van der Waals surface area (Å²) < 4.78 is 9.03. The van der Waals surface area contributed by atoms with Gasteiger partial charge in [-0.3, -0.25) is 4.79 Å². The summed E-state index contributed by atoms with van der Waals surface area (Å²) in [5, 5.41) is 5.05. The Kier molecular flexibility index (Phi) is 7.24. The lowest BCUT2D eigenvalue weighted by Gasteiger charge is -2.13. The van der Waals surface area contributed by atoms with E-state index in [1.807, 2.05) is 44.2 Å². The van der Waals surface area contributed by atoms with E-state index in [1.54, 1.807) is 12.3 Å². The van der Waals surface area contributed by atoms with E-state index in [-0.39, 0.29) is 11.7 Å². The topological polar surface area (TPSA) is 56.5 Å². The molecule has 152 valence electrons. The molecule has 1 heterocycles. The summed E-state index contributed by atoms with van der Waals surface area (Å²) in [6.45, 7) is 6.06.